The van der Waals surface area contributed by atoms with Gasteiger partial charge in [-0.3, -0.25) is 0 Å². The van der Waals surface area contributed by atoms with Gasteiger partial charge < -0.3 is 5.73 Å². The first-order chi connectivity index (χ1) is 7.08. The van der Waals surface area contributed by atoms with Crippen molar-refractivity contribution >= 4 is 33.2 Å². The monoisotopic (exact) mass is 239 g/mol. The Kier molecular flexibility index (Phi) is 1.84. The number of hydrogen-bond donors (Lipinski definition) is 1. The minimum atomic E-state index is -0.310. The van der Waals surface area contributed by atoms with Crippen molar-refractivity contribution in [2.75, 3.05) is 0 Å². The van der Waals surface area contributed by atoms with Crippen molar-refractivity contribution in [3.8, 4) is 0 Å². The lowest BCUT2D eigenvalue weighted by Crippen LogP contribution is -2.22. The molecule has 0 atom stereocenters. The van der Waals surface area contributed by atoms with Crippen LogP contribution in [-0.4, -0.2) is 9.97 Å². The molecule has 1 aliphatic carbocycles. The van der Waals surface area contributed by atoms with Crippen LogP contribution in [-0.2, 0) is 5.54 Å². The Hall–Kier alpha value is -0.710. The molecular weight excluding hydrogens is 230 g/mol. The number of aromatic nitrogens is 2. The molecule has 0 saturated heterocycles. The second kappa shape index (κ2) is 2.90. The van der Waals surface area contributed by atoms with Gasteiger partial charge in [-0.05, 0) is 25.8 Å². The van der Waals surface area contributed by atoms with Gasteiger partial charge in [-0.25, -0.2) is 9.97 Å². The van der Waals surface area contributed by atoms with Crippen molar-refractivity contribution in [2.24, 2.45) is 5.73 Å². The molecular formula is C10H10ClN3S. The van der Waals surface area contributed by atoms with Crippen LogP contribution >= 0.6 is 22.9 Å². The highest BCUT2D eigenvalue weighted by Crippen LogP contribution is 2.42. The Bertz CT molecular complexity index is 545. The normalized spacial score (nSPS) is 18.3. The summed E-state index contributed by atoms with van der Waals surface area (Å²) in [6.45, 7) is 2.04. The largest absolute Gasteiger partial charge is 0.319 e. The van der Waals surface area contributed by atoms with E-state index in [9.17, 15) is 0 Å². The Morgan fingerprint density at radius 1 is 1.47 bits per heavy atom. The van der Waals surface area contributed by atoms with Gasteiger partial charge in [-0.15, -0.1) is 11.3 Å². The average molecular weight is 240 g/mol. The minimum absolute atomic E-state index is 0.310. The van der Waals surface area contributed by atoms with Crippen LogP contribution in [0, 0.1) is 6.92 Å². The highest BCUT2D eigenvalue weighted by atomic mass is 35.5. The molecule has 2 aromatic rings. The second-order valence-corrected chi connectivity index (χ2v) is 5.66. The molecule has 0 unspecified atom stereocenters. The molecule has 0 spiro atoms. The van der Waals surface area contributed by atoms with Gasteiger partial charge in [0.2, 0.25) is 0 Å². The second-order valence-electron chi connectivity index (χ2n) is 4.07. The number of rotatable bonds is 1. The molecule has 0 radical (unpaired) electrons. The molecule has 0 aliphatic heterocycles. The zero-order chi connectivity index (χ0) is 10.6. The van der Waals surface area contributed by atoms with E-state index < -0.39 is 0 Å². The molecule has 1 saturated carbocycles. The molecule has 1 aliphatic rings. The van der Waals surface area contributed by atoms with Crippen molar-refractivity contribution in [3.05, 3.63) is 21.9 Å². The van der Waals surface area contributed by atoms with Crippen LogP contribution in [0.5, 0.6) is 0 Å². The van der Waals surface area contributed by atoms with Gasteiger partial charge in [-0.2, -0.15) is 0 Å². The number of hydrogen-bond acceptors (Lipinski definition) is 4. The fraction of sp³-hybridized carbons (Fsp3) is 0.400. The average Bonchev–Trinajstić information content (AvgIpc) is 2.79. The summed E-state index contributed by atoms with van der Waals surface area (Å²) in [5, 5.41) is 1.46. The smallest absolute Gasteiger partial charge is 0.151 e. The van der Waals surface area contributed by atoms with Crippen molar-refractivity contribution < 1.29 is 0 Å². The van der Waals surface area contributed by atoms with Gasteiger partial charge in [0.05, 0.1) is 5.54 Å². The third kappa shape index (κ3) is 1.44. The van der Waals surface area contributed by atoms with E-state index in [-0.39, 0.29) is 5.54 Å². The zero-order valence-corrected chi connectivity index (χ0v) is 9.82. The van der Waals surface area contributed by atoms with Gasteiger partial charge >= 0.3 is 0 Å². The van der Waals surface area contributed by atoms with Crippen molar-refractivity contribution in [2.45, 2.75) is 25.3 Å². The van der Waals surface area contributed by atoms with Crippen LogP contribution in [0.3, 0.4) is 0 Å². The molecule has 0 aromatic carbocycles. The van der Waals surface area contributed by atoms with Gasteiger partial charge in [0.15, 0.2) is 5.82 Å². The Morgan fingerprint density at radius 3 is 2.87 bits per heavy atom. The summed E-state index contributed by atoms with van der Waals surface area (Å²) in [5.74, 6) is 0.696. The molecule has 5 heteroatoms. The SMILES string of the molecule is Cc1cc2c(Cl)nc(C3(N)CC3)nc2s1. The highest BCUT2D eigenvalue weighted by Gasteiger charge is 2.43. The fourth-order valence-electron chi connectivity index (χ4n) is 1.59. The van der Waals surface area contributed by atoms with Crippen molar-refractivity contribution in [3.63, 3.8) is 0 Å². The number of halogens is 1. The summed E-state index contributed by atoms with van der Waals surface area (Å²) in [6, 6.07) is 2.02. The fourth-order valence-corrected chi connectivity index (χ4v) is 2.75. The van der Waals surface area contributed by atoms with Crippen molar-refractivity contribution in [1.82, 2.24) is 9.97 Å². The lowest BCUT2D eigenvalue weighted by atomic mass is 10.2. The van der Waals surface area contributed by atoms with E-state index in [0.29, 0.717) is 11.0 Å². The number of fused-ring (bicyclic) bond motifs is 1. The maximum atomic E-state index is 6.11. The third-order valence-electron chi connectivity index (χ3n) is 2.70. The highest BCUT2D eigenvalue weighted by molar-refractivity contribution is 7.18. The van der Waals surface area contributed by atoms with E-state index in [1.807, 2.05) is 13.0 Å². The van der Waals surface area contributed by atoms with E-state index in [2.05, 4.69) is 9.97 Å². The lowest BCUT2D eigenvalue weighted by molar-refractivity contribution is 0.678. The van der Waals surface area contributed by atoms with Crippen LogP contribution < -0.4 is 5.73 Å². The summed E-state index contributed by atoms with van der Waals surface area (Å²) in [6.07, 6.45) is 1.92. The molecule has 1 fully saturated rings. The predicted octanol–water partition coefficient (Wildman–Crippen LogP) is 2.60. The molecule has 2 N–H and O–H groups in total. The van der Waals surface area contributed by atoms with Crippen molar-refractivity contribution in [1.29, 1.82) is 0 Å². The molecule has 78 valence electrons. The predicted molar refractivity (Wildman–Crippen MR) is 62.3 cm³/mol. The molecule has 2 heterocycles. The van der Waals surface area contributed by atoms with E-state index in [0.717, 1.165) is 23.1 Å². The summed E-state index contributed by atoms with van der Waals surface area (Å²) in [5.41, 5.74) is 5.75. The van der Waals surface area contributed by atoms with Crippen LogP contribution in [0.4, 0.5) is 0 Å². The maximum absolute atomic E-state index is 6.11. The van der Waals surface area contributed by atoms with Crippen LogP contribution in [0.15, 0.2) is 6.07 Å². The molecule has 3 rings (SSSR count). The summed E-state index contributed by atoms with van der Waals surface area (Å²) >= 11 is 7.74. The Morgan fingerprint density at radius 2 is 2.20 bits per heavy atom. The molecule has 2 aromatic heterocycles. The summed E-state index contributed by atoms with van der Waals surface area (Å²) in [7, 11) is 0. The molecule has 0 bridgehead atoms. The minimum Gasteiger partial charge on any atom is -0.319 e. The number of aryl methyl sites for hydroxylation is 1. The van der Waals surface area contributed by atoms with Crippen LogP contribution in [0.2, 0.25) is 5.15 Å². The number of nitrogens with two attached hydrogens (primary N) is 1. The molecule has 15 heavy (non-hydrogen) atoms. The van der Waals surface area contributed by atoms with Gasteiger partial charge in [0, 0.05) is 10.3 Å². The Balaban J connectivity index is 2.26. The van der Waals surface area contributed by atoms with Crippen LogP contribution in [0.25, 0.3) is 10.2 Å². The first-order valence-electron chi connectivity index (χ1n) is 4.81. The van der Waals surface area contributed by atoms with E-state index in [1.54, 1.807) is 11.3 Å². The van der Waals surface area contributed by atoms with Crippen LogP contribution in [0.1, 0.15) is 23.5 Å². The number of thiophene rings is 1. The lowest BCUT2D eigenvalue weighted by Gasteiger charge is -2.06. The van der Waals surface area contributed by atoms with E-state index in [4.69, 9.17) is 17.3 Å². The van der Waals surface area contributed by atoms with E-state index in [1.165, 1.54) is 4.88 Å². The topological polar surface area (TPSA) is 51.8 Å². The quantitative estimate of drug-likeness (QED) is 0.779. The first kappa shape index (κ1) is 9.51. The number of nitrogens with zero attached hydrogens (tertiary/aromatic N) is 2. The molecule has 3 nitrogen and oxygen atoms in total. The summed E-state index contributed by atoms with van der Waals surface area (Å²) in [4.78, 5) is 10.9. The summed E-state index contributed by atoms with van der Waals surface area (Å²) < 4.78 is 0. The van der Waals surface area contributed by atoms with Gasteiger partial charge in [0.1, 0.15) is 9.98 Å². The van der Waals surface area contributed by atoms with Gasteiger partial charge in [-0.1, -0.05) is 11.6 Å². The molecule has 0 amide bonds. The maximum Gasteiger partial charge on any atom is 0.151 e. The zero-order valence-electron chi connectivity index (χ0n) is 8.25. The first-order valence-corrected chi connectivity index (χ1v) is 6.01. The van der Waals surface area contributed by atoms with Gasteiger partial charge in [0.25, 0.3) is 0 Å². The standard InChI is InChI=1S/C10H10ClN3S/c1-5-4-6-7(11)13-9(10(12)2-3-10)14-8(6)15-5/h4H,2-3,12H2,1H3. The Labute approximate surface area is 96.3 Å². The van der Waals surface area contributed by atoms with E-state index >= 15 is 0 Å². The third-order valence-corrected chi connectivity index (χ3v) is 3.94.